The predicted molar refractivity (Wildman–Crippen MR) is 121 cm³/mol. The SMILES string of the molecule is CCN1CC2C(C1)C2c1cc(F)ccc1N(c1ccc2c(c1C(=O)O)OC[C@@H]1C[C@H]21)S(=O)O. The van der Waals surface area contributed by atoms with Gasteiger partial charge in [0, 0.05) is 19.0 Å². The minimum absolute atomic E-state index is 0.0787. The largest absolute Gasteiger partial charge is 0.492 e. The van der Waals surface area contributed by atoms with Gasteiger partial charge in [-0.25, -0.2) is 17.7 Å². The number of benzene rings is 2. The second-order valence-electron chi connectivity index (χ2n) is 9.53. The van der Waals surface area contributed by atoms with E-state index in [0.29, 0.717) is 35.6 Å². The molecule has 0 radical (unpaired) electrons. The van der Waals surface area contributed by atoms with Crippen LogP contribution >= 0.6 is 0 Å². The summed E-state index contributed by atoms with van der Waals surface area (Å²) in [5, 5.41) is 10.1. The molecule has 2 aromatic rings. The van der Waals surface area contributed by atoms with Crippen LogP contribution in [0.1, 0.15) is 46.7 Å². The standard InChI is InChI=1S/C24H25FN2O5S/c1-2-26-9-17-18(10-26)21(17)16-8-13(25)3-5-19(16)27(33(30)31)20-6-4-14-15-7-12(15)11-32-23(14)22(20)24(28)29/h3-6,8,12,15,17-18,21H,2,7,9-11H2,1H3,(H,28,29)(H,30,31)/t12-,15-,17?,18?,21?/m0/s1. The number of rotatable bonds is 6. The van der Waals surface area contributed by atoms with Crippen LogP contribution in [-0.4, -0.2) is 51.0 Å². The first-order valence-corrected chi connectivity index (χ1v) is 12.4. The van der Waals surface area contributed by atoms with E-state index in [1.807, 2.05) is 0 Å². The van der Waals surface area contributed by atoms with Crippen LogP contribution in [0.5, 0.6) is 5.75 Å². The number of nitrogens with zero attached hydrogens (tertiary/aromatic N) is 2. The van der Waals surface area contributed by atoms with Gasteiger partial charge in [-0.1, -0.05) is 13.0 Å². The van der Waals surface area contributed by atoms with Crippen molar-refractivity contribution in [3.8, 4) is 5.75 Å². The van der Waals surface area contributed by atoms with Crippen LogP contribution in [0.4, 0.5) is 15.8 Å². The molecule has 9 heteroatoms. The molecule has 5 atom stereocenters. The lowest BCUT2D eigenvalue weighted by atomic mass is 9.99. The number of piperidine rings is 1. The van der Waals surface area contributed by atoms with Gasteiger partial charge in [-0.2, -0.15) is 0 Å². The first-order valence-electron chi connectivity index (χ1n) is 11.3. The third-order valence-electron chi connectivity index (χ3n) is 7.80. The van der Waals surface area contributed by atoms with E-state index in [9.17, 15) is 23.1 Å². The number of fused-ring (bicyclic) bond motifs is 4. The van der Waals surface area contributed by atoms with Gasteiger partial charge in [0.25, 0.3) is 11.3 Å². The minimum Gasteiger partial charge on any atom is -0.492 e. The Hall–Kier alpha value is -2.49. The number of anilines is 2. The zero-order chi connectivity index (χ0) is 23.0. The highest BCUT2D eigenvalue weighted by molar-refractivity contribution is 7.81. The molecule has 2 heterocycles. The molecular formula is C24H25FN2O5S. The lowest BCUT2D eigenvalue weighted by Crippen LogP contribution is -2.26. The van der Waals surface area contributed by atoms with Crippen molar-refractivity contribution in [1.29, 1.82) is 0 Å². The maximum Gasteiger partial charge on any atom is 0.341 e. The van der Waals surface area contributed by atoms with Crippen molar-refractivity contribution in [2.75, 3.05) is 30.5 Å². The lowest BCUT2D eigenvalue weighted by molar-refractivity contribution is 0.0692. The van der Waals surface area contributed by atoms with Gasteiger partial charge in [-0.05, 0) is 72.0 Å². The first kappa shape index (κ1) is 21.1. The van der Waals surface area contributed by atoms with Gasteiger partial charge in [0.1, 0.15) is 17.1 Å². The van der Waals surface area contributed by atoms with E-state index in [1.165, 1.54) is 18.2 Å². The number of carboxylic acids is 1. The number of ether oxygens (including phenoxy) is 1. The maximum absolute atomic E-state index is 14.3. The van der Waals surface area contributed by atoms with Crippen molar-refractivity contribution in [2.24, 2.45) is 17.8 Å². The van der Waals surface area contributed by atoms with E-state index in [-0.39, 0.29) is 28.8 Å². The van der Waals surface area contributed by atoms with Gasteiger partial charge in [0.2, 0.25) is 0 Å². The van der Waals surface area contributed by atoms with Gasteiger partial charge in [-0.3, -0.25) is 4.55 Å². The third-order valence-corrected chi connectivity index (χ3v) is 8.51. The molecule has 0 bridgehead atoms. The summed E-state index contributed by atoms with van der Waals surface area (Å²) in [6, 6.07) is 7.54. The van der Waals surface area contributed by atoms with Crippen molar-refractivity contribution in [3.05, 3.63) is 52.8 Å². The number of halogens is 1. The molecule has 0 amide bonds. The average molecular weight is 473 g/mol. The molecule has 1 saturated heterocycles. The molecule has 0 spiro atoms. The van der Waals surface area contributed by atoms with Crippen molar-refractivity contribution in [2.45, 2.75) is 25.2 Å². The molecule has 3 unspecified atom stereocenters. The Morgan fingerprint density at radius 3 is 2.61 bits per heavy atom. The molecule has 3 fully saturated rings. The van der Waals surface area contributed by atoms with Gasteiger partial charge in [0.05, 0.1) is 18.0 Å². The summed E-state index contributed by atoms with van der Waals surface area (Å²) >= 11 is -2.57. The van der Waals surface area contributed by atoms with E-state index in [0.717, 1.165) is 35.9 Å². The zero-order valence-electron chi connectivity index (χ0n) is 18.1. The highest BCUT2D eigenvalue weighted by Gasteiger charge is 2.57. The molecule has 4 aliphatic rings. The summed E-state index contributed by atoms with van der Waals surface area (Å²) in [6.07, 6.45) is 0.961. The summed E-state index contributed by atoms with van der Waals surface area (Å²) in [5.74, 6) is 0.160. The van der Waals surface area contributed by atoms with E-state index >= 15 is 0 Å². The molecule has 0 aromatic heterocycles. The molecule has 6 rings (SSSR count). The van der Waals surface area contributed by atoms with Crippen molar-refractivity contribution < 1.29 is 27.8 Å². The number of carbonyl (C=O) groups is 1. The smallest absolute Gasteiger partial charge is 0.341 e. The van der Waals surface area contributed by atoms with Crippen LogP contribution in [0.25, 0.3) is 0 Å². The Bertz CT molecular complexity index is 1180. The molecule has 33 heavy (non-hydrogen) atoms. The van der Waals surface area contributed by atoms with Crippen molar-refractivity contribution in [1.82, 2.24) is 4.90 Å². The fourth-order valence-corrected chi connectivity index (χ4v) is 6.68. The zero-order valence-corrected chi connectivity index (χ0v) is 18.9. The average Bonchev–Trinajstić information content (AvgIpc) is 3.67. The molecular weight excluding hydrogens is 447 g/mol. The number of aromatic carboxylic acids is 1. The quantitative estimate of drug-likeness (QED) is 0.619. The second-order valence-corrected chi connectivity index (χ2v) is 10.4. The number of hydrogen-bond donors (Lipinski definition) is 2. The lowest BCUT2D eigenvalue weighted by Gasteiger charge is -2.28. The van der Waals surface area contributed by atoms with Gasteiger partial charge >= 0.3 is 5.97 Å². The Balaban J connectivity index is 1.46. The fourth-order valence-electron chi connectivity index (χ4n) is 6.02. The van der Waals surface area contributed by atoms with Crippen LogP contribution in [0.3, 0.4) is 0 Å². The maximum atomic E-state index is 14.3. The highest BCUT2D eigenvalue weighted by Crippen LogP contribution is 2.61. The molecule has 174 valence electrons. The van der Waals surface area contributed by atoms with Crippen LogP contribution in [-0.2, 0) is 11.3 Å². The molecule has 2 aliphatic heterocycles. The Morgan fingerprint density at radius 1 is 1.21 bits per heavy atom. The predicted octanol–water partition coefficient (Wildman–Crippen LogP) is 3.96. The minimum atomic E-state index is -2.57. The summed E-state index contributed by atoms with van der Waals surface area (Å²) in [7, 11) is 0. The number of likely N-dealkylation sites (tertiary alicyclic amines) is 1. The topological polar surface area (TPSA) is 90.3 Å². The molecule has 2 aromatic carbocycles. The van der Waals surface area contributed by atoms with Crippen molar-refractivity contribution in [3.63, 3.8) is 0 Å². The van der Waals surface area contributed by atoms with Gasteiger partial charge in [0.15, 0.2) is 0 Å². The van der Waals surface area contributed by atoms with Crippen molar-refractivity contribution >= 4 is 28.6 Å². The summed E-state index contributed by atoms with van der Waals surface area (Å²) in [4.78, 5) is 14.7. The molecule has 2 aliphatic carbocycles. The molecule has 2 saturated carbocycles. The van der Waals surface area contributed by atoms with Crippen LogP contribution in [0.15, 0.2) is 30.3 Å². The Morgan fingerprint density at radius 2 is 1.94 bits per heavy atom. The molecule has 7 nitrogen and oxygen atoms in total. The Labute approximate surface area is 193 Å². The van der Waals surface area contributed by atoms with Crippen LogP contribution in [0.2, 0.25) is 0 Å². The summed E-state index contributed by atoms with van der Waals surface area (Å²) < 4.78 is 44.2. The van der Waals surface area contributed by atoms with Gasteiger partial charge in [-0.15, -0.1) is 0 Å². The second kappa shape index (κ2) is 7.51. The highest BCUT2D eigenvalue weighted by atomic mass is 32.2. The van der Waals surface area contributed by atoms with E-state index in [2.05, 4.69) is 11.8 Å². The van der Waals surface area contributed by atoms with E-state index in [4.69, 9.17) is 4.74 Å². The van der Waals surface area contributed by atoms with Crippen LogP contribution in [0, 0.1) is 23.6 Å². The van der Waals surface area contributed by atoms with Crippen LogP contribution < -0.4 is 9.04 Å². The Kier molecular flexibility index (Phi) is 4.80. The first-order chi connectivity index (χ1) is 15.9. The van der Waals surface area contributed by atoms with E-state index < -0.39 is 23.1 Å². The number of hydrogen-bond acceptors (Lipinski definition) is 4. The summed E-state index contributed by atoms with van der Waals surface area (Å²) in [5.41, 5.74) is 1.81. The normalized spacial score (nSPS) is 30.0. The number of carboxylic acid groups (broad SMARTS) is 1. The summed E-state index contributed by atoms with van der Waals surface area (Å²) in [6.45, 7) is 5.35. The third kappa shape index (κ3) is 3.28. The van der Waals surface area contributed by atoms with Gasteiger partial charge < -0.3 is 14.7 Å². The van der Waals surface area contributed by atoms with E-state index in [1.54, 1.807) is 12.1 Å². The monoisotopic (exact) mass is 472 g/mol. The molecule has 2 N–H and O–H groups in total. The fraction of sp³-hybridized carbons (Fsp3) is 0.458.